The van der Waals surface area contributed by atoms with Gasteiger partial charge in [-0.25, -0.2) is 0 Å². The average molecular weight is 272 g/mol. The van der Waals surface area contributed by atoms with E-state index >= 15 is 0 Å². The quantitative estimate of drug-likeness (QED) is 0.625. The van der Waals surface area contributed by atoms with Crippen molar-refractivity contribution in [3.8, 4) is 6.07 Å². The fourth-order valence-corrected chi connectivity index (χ4v) is 2.55. The maximum absolute atomic E-state index is 10.8. The van der Waals surface area contributed by atoms with Crippen molar-refractivity contribution in [2.75, 3.05) is 0 Å². The molecule has 0 aromatic heterocycles. The number of hydrogen-bond acceptors (Lipinski definition) is 5. The van der Waals surface area contributed by atoms with Crippen LogP contribution in [-0.4, -0.2) is 21.2 Å². The maximum atomic E-state index is 10.8. The lowest BCUT2D eigenvalue weighted by atomic mass is 9.96. The lowest BCUT2D eigenvalue weighted by Gasteiger charge is -2.34. The van der Waals surface area contributed by atoms with Crippen LogP contribution < -0.4 is 0 Å². The first-order chi connectivity index (χ1) is 9.35. The zero-order valence-corrected chi connectivity index (χ0v) is 11.7. The van der Waals surface area contributed by atoms with E-state index < -0.39 is 11.0 Å². The molecule has 0 amide bonds. The highest BCUT2D eigenvalue weighted by atomic mass is 16.6. The number of benzene rings is 1. The predicted octanol–water partition coefficient (Wildman–Crippen LogP) is 3.02. The molecule has 104 valence electrons. The van der Waals surface area contributed by atoms with Gasteiger partial charge in [0, 0.05) is 24.3 Å². The van der Waals surface area contributed by atoms with Gasteiger partial charge in [0.05, 0.1) is 16.5 Å². The second kappa shape index (κ2) is 4.93. The standard InChI is InChI=1S/C14H16N4O2/c1-10-8-14(2,3)17(16-10)13(9-15)11-5-4-6-12(7-11)18(19)20/h4-7,13H,8H2,1-3H3/t13-/m1/s1. The van der Waals surface area contributed by atoms with E-state index in [-0.39, 0.29) is 11.2 Å². The first kappa shape index (κ1) is 14.0. The Bertz CT molecular complexity index is 616. The Morgan fingerprint density at radius 1 is 1.55 bits per heavy atom. The number of nitro groups is 1. The van der Waals surface area contributed by atoms with Crippen LogP contribution in [0.1, 0.15) is 38.8 Å². The number of rotatable bonds is 3. The Balaban J connectivity index is 2.41. The molecule has 1 atom stereocenters. The van der Waals surface area contributed by atoms with Crippen molar-refractivity contribution in [2.24, 2.45) is 5.10 Å². The number of hydrazone groups is 1. The van der Waals surface area contributed by atoms with Crippen molar-refractivity contribution >= 4 is 11.4 Å². The van der Waals surface area contributed by atoms with Gasteiger partial charge in [-0.3, -0.25) is 15.1 Å². The van der Waals surface area contributed by atoms with Gasteiger partial charge in [-0.2, -0.15) is 10.4 Å². The van der Waals surface area contributed by atoms with Crippen molar-refractivity contribution in [2.45, 2.75) is 38.8 Å². The molecule has 0 unspecified atom stereocenters. The van der Waals surface area contributed by atoms with E-state index in [2.05, 4.69) is 11.2 Å². The summed E-state index contributed by atoms with van der Waals surface area (Å²) in [5, 5.41) is 26.5. The third kappa shape index (κ3) is 2.48. The van der Waals surface area contributed by atoms with Gasteiger partial charge >= 0.3 is 0 Å². The summed E-state index contributed by atoms with van der Waals surface area (Å²) in [6, 6.07) is 7.75. The molecule has 0 fully saturated rings. The lowest BCUT2D eigenvalue weighted by Crippen LogP contribution is -2.38. The number of non-ortho nitro benzene ring substituents is 1. The third-order valence-corrected chi connectivity index (χ3v) is 3.35. The van der Waals surface area contributed by atoms with E-state index in [9.17, 15) is 15.4 Å². The van der Waals surface area contributed by atoms with Crippen molar-refractivity contribution < 1.29 is 4.92 Å². The molecular weight excluding hydrogens is 256 g/mol. The highest BCUT2D eigenvalue weighted by molar-refractivity contribution is 5.84. The molecule has 0 N–H and O–H groups in total. The normalized spacial score (nSPS) is 18.3. The zero-order chi connectivity index (χ0) is 14.9. The summed E-state index contributed by atoms with van der Waals surface area (Å²) in [4.78, 5) is 10.4. The molecule has 20 heavy (non-hydrogen) atoms. The Morgan fingerprint density at radius 2 is 2.25 bits per heavy atom. The van der Waals surface area contributed by atoms with Crippen LogP contribution in [0.2, 0.25) is 0 Å². The summed E-state index contributed by atoms with van der Waals surface area (Å²) >= 11 is 0. The average Bonchev–Trinajstić information content (AvgIpc) is 2.64. The maximum Gasteiger partial charge on any atom is 0.269 e. The molecule has 0 spiro atoms. The second-order valence-electron chi connectivity index (χ2n) is 5.55. The van der Waals surface area contributed by atoms with Crippen LogP contribution in [0, 0.1) is 21.4 Å². The number of hydrogen-bond donors (Lipinski definition) is 0. The van der Waals surface area contributed by atoms with Crippen LogP contribution in [0.3, 0.4) is 0 Å². The number of nitrogens with zero attached hydrogens (tertiary/aromatic N) is 4. The molecule has 0 bridgehead atoms. The van der Waals surface area contributed by atoms with Crippen LogP contribution in [0.5, 0.6) is 0 Å². The molecule has 0 aliphatic carbocycles. The molecule has 0 saturated carbocycles. The van der Waals surface area contributed by atoms with Gasteiger partial charge in [0.1, 0.15) is 0 Å². The van der Waals surface area contributed by atoms with Crippen LogP contribution in [0.4, 0.5) is 5.69 Å². The van der Waals surface area contributed by atoms with Gasteiger partial charge in [-0.1, -0.05) is 12.1 Å². The van der Waals surface area contributed by atoms with Crippen LogP contribution >= 0.6 is 0 Å². The molecule has 2 rings (SSSR count). The first-order valence-electron chi connectivity index (χ1n) is 6.32. The second-order valence-corrected chi connectivity index (χ2v) is 5.55. The summed E-state index contributed by atoms with van der Waals surface area (Å²) in [6.45, 7) is 5.94. The minimum Gasteiger partial charge on any atom is -0.269 e. The smallest absolute Gasteiger partial charge is 0.269 e. The van der Waals surface area contributed by atoms with Crippen molar-refractivity contribution in [3.05, 3.63) is 39.9 Å². The fraction of sp³-hybridized carbons (Fsp3) is 0.429. The monoisotopic (exact) mass is 272 g/mol. The van der Waals surface area contributed by atoms with Gasteiger partial charge in [0.2, 0.25) is 0 Å². The molecule has 1 aliphatic rings. The van der Waals surface area contributed by atoms with Gasteiger partial charge in [0.25, 0.3) is 5.69 Å². The molecule has 1 aromatic rings. The van der Waals surface area contributed by atoms with Crippen molar-refractivity contribution in [1.82, 2.24) is 5.01 Å². The van der Waals surface area contributed by atoms with Gasteiger partial charge in [-0.05, 0) is 26.3 Å². The van der Waals surface area contributed by atoms with Gasteiger partial charge < -0.3 is 0 Å². The molecule has 1 aromatic carbocycles. The van der Waals surface area contributed by atoms with Crippen LogP contribution in [0.15, 0.2) is 29.4 Å². The van der Waals surface area contributed by atoms with E-state index in [0.717, 1.165) is 12.1 Å². The largest absolute Gasteiger partial charge is 0.269 e. The third-order valence-electron chi connectivity index (χ3n) is 3.35. The highest BCUT2D eigenvalue weighted by Gasteiger charge is 2.38. The van der Waals surface area contributed by atoms with Crippen LogP contribution in [-0.2, 0) is 0 Å². The first-order valence-corrected chi connectivity index (χ1v) is 6.32. The summed E-state index contributed by atoms with van der Waals surface area (Å²) in [5.41, 5.74) is 1.27. The summed E-state index contributed by atoms with van der Waals surface area (Å²) in [7, 11) is 0. The van der Waals surface area contributed by atoms with E-state index in [1.165, 1.54) is 12.1 Å². The highest BCUT2D eigenvalue weighted by Crippen LogP contribution is 2.35. The Kier molecular flexibility index (Phi) is 3.45. The van der Waals surface area contributed by atoms with Gasteiger partial charge in [-0.15, -0.1) is 0 Å². The van der Waals surface area contributed by atoms with Crippen LogP contribution in [0.25, 0.3) is 0 Å². The SMILES string of the molecule is CC1=NN([C@H](C#N)c2cccc([N+](=O)[O-])c2)C(C)(C)C1. The molecule has 6 heteroatoms. The van der Waals surface area contributed by atoms with Crippen molar-refractivity contribution in [1.29, 1.82) is 5.26 Å². The predicted molar refractivity (Wildman–Crippen MR) is 75.1 cm³/mol. The Hall–Kier alpha value is -2.42. The molecule has 1 aliphatic heterocycles. The molecule has 0 saturated heterocycles. The van der Waals surface area contributed by atoms with E-state index in [1.54, 1.807) is 17.1 Å². The summed E-state index contributed by atoms with van der Waals surface area (Å²) in [6.07, 6.45) is 0.778. The van der Waals surface area contributed by atoms with Crippen molar-refractivity contribution in [3.63, 3.8) is 0 Å². The zero-order valence-electron chi connectivity index (χ0n) is 11.7. The summed E-state index contributed by atoms with van der Waals surface area (Å²) < 4.78 is 0. The number of nitro benzene ring substituents is 1. The summed E-state index contributed by atoms with van der Waals surface area (Å²) in [5.74, 6) is 0. The topological polar surface area (TPSA) is 82.5 Å². The molecule has 0 radical (unpaired) electrons. The Morgan fingerprint density at radius 3 is 2.75 bits per heavy atom. The van der Waals surface area contributed by atoms with Gasteiger partial charge in [0.15, 0.2) is 6.04 Å². The van der Waals surface area contributed by atoms with E-state index in [1.807, 2.05) is 20.8 Å². The molecule has 1 heterocycles. The Labute approximate surface area is 117 Å². The van der Waals surface area contributed by atoms with E-state index in [0.29, 0.717) is 5.56 Å². The molecule has 6 nitrogen and oxygen atoms in total. The lowest BCUT2D eigenvalue weighted by molar-refractivity contribution is -0.384. The molecular formula is C14H16N4O2. The van der Waals surface area contributed by atoms with E-state index in [4.69, 9.17) is 0 Å². The number of nitriles is 1. The minimum atomic E-state index is -0.623. The fourth-order valence-electron chi connectivity index (χ4n) is 2.55. The minimum absolute atomic E-state index is 0.0135.